The van der Waals surface area contributed by atoms with E-state index in [1.165, 1.54) is 12.1 Å². The van der Waals surface area contributed by atoms with E-state index in [0.717, 1.165) is 66.0 Å². The first-order chi connectivity index (χ1) is 22.6. The van der Waals surface area contributed by atoms with Crippen molar-refractivity contribution < 1.29 is 23.4 Å². The van der Waals surface area contributed by atoms with E-state index in [9.17, 15) is 9.18 Å². The number of hydrogen-bond acceptors (Lipinski definition) is 5. The Morgan fingerprint density at radius 2 is 1.67 bits per heavy atom. The predicted octanol–water partition coefficient (Wildman–Crippen LogP) is 6.39. The van der Waals surface area contributed by atoms with Crippen LogP contribution >= 0.6 is 0 Å². The highest BCUT2D eigenvalue weighted by atomic mass is 19.1. The van der Waals surface area contributed by atoms with Gasteiger partial charge in [0.2, 0.25) is 5.91 Å². The fraction of sp³-hybridized carbons (Fsp3) is 0.289. The molecule has 1 aliphatic heterocycles. The standard InChI is InChI=1S/C38H40FN3O4/c1-44-36-16-13-30(23-37(36)46-27-29-7-3-2-4-8-29)33(24-38(43)40-17-18-41-19-21-45-22-20-41)34-26-42(35-10-6-5-9-32(34)35)25-28-11-14-31(39)15-12-28/h2-16,23,26,33H,17-22,24-25,27H2,1H3,(H,40,43)/t33-/m1/s1. The van der Waals surface area contributed by atoms with Crippen LogP contribution in [0.15, 0.2) is 103 Å². The van der Waals surface area contributed by atoms with Crippen molar-refractivity contribution in [3.63, 3.8) is 0 Å². The zero-order valence-electron chi connectivity index (χ0n) is 26.2. The molecule has 1 atom stereocenters. The van der Waals surface area contributed by atoms with Crippen molar-refractivity contribution in [2.24, 2.45) is 0 Å². The van der Waals surface area contributed by atoms with Crippen LogP contribution in [0.3, 0.4) is 0 Å². The van der Waals surface area contributed by atoms with Gasteiger partial charge in [0.1, 0.15) is 12.4 Å². The van der Waals surface area contributed by atoms with Crippen LogP contribution in [0, 0.1) is 5.82 Å². The van der Waals surface area contributed by atoms with E-state index >= 15 is 0 Å². The average molecular weight is 622 g/mol. The first-order valence-corrected chi connectivity index (χ1v) is 15.8. The number of fused-ring (bicyclic) bond motifs is 1. The summed E-state index contributed by atoms with van der Waals surface area (Å²) in [6.07, 6.45) is 2.40. The maximum atomic E-state index is 13.7. The Kier molecular flexibility index (Phi) is 10.3. The van der Waals surface area contributed by atoms with Crippen molar-refractivity contribution in [1.82, 2.24) is 14.8 Å². The lowest BCUT2D eigenvalue weighted by molar-refractivity contribution is -0.121. The molecule has 0 unspecified atom stereocenters. The summed E-state index contributed by atoms with van der Waals surface area (Å²) in [5.74, 6) is 0.721. The highest BCUT2D eigenvalue weighted by molar-refractivity contribution is 5.87. The van der Waals surface area contributed by atoms with Gasteiger partial charge in [-0.05, 0) is 52.6 Å². The Bertz CT molecular complexity index is 1730. The van der Waals surface area contributed by atoms with E-state index in [-0.39, 0.29) is 24.1 Å². The molecule has 1 aliphatic rings. The quantitative estimate of drug-likeness (QED) is 0.165. The topological polar surface area (TPSA) is 65.0 Å². The van der Waals surface area contributed by atoms with Crippen LogP contribution in [-0.4, -0.2) is 61.9 Å². The number of halogens is 1. The van der Waals surface area contributed by atoms with E-state index in [4.69, 9.17) is 14.2 Å². The molecule has 7 nitrogen and oxygen atoms in total. The lowest BCUT2D eigenvalue weighted by atomic mass is 9.87. The Labute approximate surface area is 269 Å². The zero-order valence-corrected chi connectivity index (χ0v) is 26.2. The number of carbonyl (C=O) groups is 1. The first kappa shape index (κ1) is 31.3. The third-order valence-electron chi connectivity index (χ3n) is 8.53. The van der Waals surface area contributed by atoms with Crippen molar-refractivity contribution in [2.75, 3.05) is 46.5 Å². The van der Waals surface area contributed by atoms with Crippen molar-refractivity contribution in [1.29, 1.82) is 0 Å². The maximum Gasteiger partial charge on any atom is 0.220 e. The lowest BCUT2D eigenvalue weighted by Crippen LogP contribution is -2.41. The zero-order chi connectivity index (χ0) is 31.7. The second-order valence-corrected chi connectivity index (χ2v) is 11.6. The first-order valence-electron chi connectivity index (χ1n) is 15.8. The van der Waals surface area contributed by atoms with Crippen LogP contribution in [-0.2, 0) is 22.7 Å². The summed E-state index contributed by atoms with van der Waals surface area (Å²) in [5.41, 5.74) is 5.09. The molecule has 0 radical (unpaired) electrons. The van der Waals surface area contributed by atoms with Crippen LogP contribution < -0.4 is 14.8 Å². The third kappa shape index (κ3) is 7.76. The van der Waals surface area contributed by atoms with Gasteiger partial charge in [-0.15, -0.1) is 0 Å². The highest BCUT2D eigenvalue weighted by Gasteiger charge is 2.24. The number of nitrogens with one attached hydrogen (secondary N) is 1. The van der Waals surface area contributed by atoms with Crippen LogP contribution in [0.2, 0.25) is 0 Å². The molecule has 0 aliphatic carbocycles. The lowest BCUT2D eigenvalue weighted by Gasteiger charge is -2.26. The number of rotatable bonds is 13. The van der Waals surface area contributed by atoms with E-state index in [2.05, 4.69) is 33.1 Å². The molecule has 0 saturated carbocycles. The van der Waals surface area contributed by atoms with Gasteiger partial charge in [-0.25, -0.2) is 4.39 Å². The Hall–Kier alpha value is -4.66. The molecule has 6 rings (SSSR count). The molecule has 0 bridgehead atoms. The van der Waals surface area contributed by atoms with Gasteiger partial charge >= 0.3 is 0 Å². The summed E-state index contributed by atoms with van der Waals surface area (Å²) in [6, 6.07) is 30.8. The number of nitrogens with zero attached hydrogens (tertiary/aromatic N) is 2. The summed E-state index contributed by atoms with van der Waals surface area (Å²) in [4.78, 5) is 15.9. The van der Waals surface area contributed by atoms with Crippen molar-refractivity contribution >= 4 is 16.8 Å². The summed E-state index contributed by atoms with van der Waals surface area (Å²) >= 11 is 0. The molecule has 1 fully saturated rings. The number of hydrogen-bond donors (Lipinski definition) is 1. The largest absolute Gasteiger partial charge is 0.493 e. The van der Waals surface area contributed by atoms with Gasteiger partial charge in [0.05, 0.1) is 20.3 Å². The molecule has 2 heterocycles. The molecule has 1 N–H and O–H groups in total. The number of para-hydroxylation sites is 1. The minimum atomic E-state index is -0.258. The second kappa shape index (κ2) is 15.1. The SMILES string of the molecule is COc1ccc([C@@H](CC(=O)NCCN2CCOCC2)c2cn(Cc3ccc(F)cc3)c3ccccc23)cc1OCc1ccccc1. The molecule has 1 aromatic heterocycles. The molecule has 46 heavy (non-hydrogen) atoms. The summed E-state index contributed by atoms with van der Waals surface area (Å²) < 4.78 is 33.2. The maximum absolute atomic E-state index is 13.7. The normalized spacial score (nSPS) is 14.2. The van der Waals surface area contributed by atoms with Crippen LogP contribution in [0.1, 0.15) is 34.6 Å². The van der Waals surface area contributed by atoms with E-state index in [1.807, 2.05) is 72.8 Å². The summed E-state index contributed by atoms with van der Waals surface area (Å²) in [6.45, 7) is 5.54. The molecule has 5 aromatic rings. The van der Waals surface area contributed by atoms with Gasteiger partial charge in [-0.3, -0.25) is 9.69 Å². The van der Waals surface area contributed by atoms with Gasteiger partial charge in [0, 0.05) is 62.2 Å². The molecule has 1 amide bonds. The molecule has 1 saturated heterocycles. The number of amides is 1. The fourth-order valence-electron chi connectivity index (χ4n) is 6.07. The fourth-order valence-corrected chi connectivity index (χ4v) is 6.07. The number of aromatic nitrogens is 1. The smallest absolute Gasteiger partial charge is 0.220 e. The number of ether oxygens (including phenoxy) is 3. The summed E-state index contributed by atoms with van der Waals surface area (Å²) in [7, 11) is 1.63. The molecular weight excluding hydrogens is 581 g/mol. The Morgan fingerprint density at radius 3 is 2.46 bits per heavy atom. The van der Waals surface area contributed by atoms with Crippen molar-refractivity contribution in [2.45, 2.75) is 25.5 Å². The Balaban J connectivity index is 1.32. The van der Waals surface area contributed by atoms with Gasteiger partial charge < -0.3 is 24.1 Å². The van der Waals surface area contributed by atoms with Gasteiger partial charge in [0.25, 0.3) is 0 Å². The number of carbonyl (C=O) groups excluding carboxylic acids is 1. The number of benzene rings is 4. The second-order valence-electron chi connectivity index (χ2n) is 11.6. The minimum absolute atomic E-state index is 0.0174. The molecule has 4 aromatic carbocycles. The molecule has 238 valence electrons. The predicted molar refractivity (Wildman–Crippen MR) is 178 cm³/mol. The third-order valence-corrected chi connectivity index (χ3v) is 8.53. The Morgan fingerprint density at radius 1 is 0.913 bits per heavy atom. The van der Waals surface area contributed by atoms with Gasteiger partial charge in [-0.2, -0.15) is 0 Å². The average Bonchev–Trinajstić information content (AvgIpc) is 3.46. The molecular formula is C38H40FN3O4. The molecule has 8 heteroatoms. The van der Waals surface area contributed by atoms with Gasteiger partial charge in [0.15, 0.2) is 11.5 Å². The monoisotopic (exact) mass is 621 g/mol. The van der Waals surface area contributed by atoms with Crippen LogP contribution in [0.25, 0.3) is 10.9 Å². The van der Waals surface area contributed by atoms with E-state index in [1.54, 1.807) is 7.11 Å². The number of morpholine rings is 1. The van der Waals surface area contributed by atoms with E-state index < -0.39 is 0 Å². The number of methoxy groups -OCH3 is 1. The highest BCUT2D eigenvalue weighted by Crippen LogP contribution is 2.39. The minimum Gasteiger partial charge on any atom is -0.493 e. The summed E-state index contributed by atoms with van der Waals surface area (Å²) in [5, 5.41) is 4.23. The molecule has 0 spiro atoms. The van der Waals surface area contributed by atoms with Crippen LogP contribution in [0.5, 0.6) is 11.5 Å². The van der Waals surface area contributed by atoms with Crippen molar-refractivity contribution in [3.05, 3.63) is 131 Å². The van der Waals surface area contributed by atoms with E-state index in [0.29, 0.717) is 31.2 Å². The van der Waals surface area contributed by atoms with Gasteiger partial charge in [-0.1, -0.05) is 66.7 Å². The van der Waals surface area contributed by atoms with Crippen molar-refractivity contribution in [3.8, 4) is 11.5 Å². The van der Waals surface area contributed by atoms with Crippen LogP contribution in [0.4, 0.5) is 4.39 Å².